The van der Waals surface area contributed by atoms with Crippen molar-refractivity contribution in [1.82, 2.24) is 0 Å². The van der Waals surface area contributed by atoms with E-state index < -0.39 is 13.7 Å². The van der Waals surface area contributed by atoms with Crippen molar-refractivity contribution >= 4 is 29.4 Å². The molecule has 0 spiro atoms. The summed E-state index contributed by atoms with van der Waals surface area (Å²) in [6.45, 7) is 3.56. The third-order valence-electron chi connectivity index (χ3n) is 5.31. The summed E-state index contributed by atoms with van der Waals surface area (Å²) in [5.41, 5.74) is 2.43. The first-order valence-corrected chi connectivity index (χ1v) is 11.9. The Balaban J connectivity index is 2.22. The maximum atomic E-state index is 12.6. The molecule has 0 fully saturated rings. The minimum atomic E-state index is -2.74. The van der Waals surface area contributed by atoms with E-state index in [1.807, 2.05) is 61.5 Å². The van der Waals surface area contributed by atoms with Crippen LogP contribution in [0.25, 0.3) is 0 Å². The SMILES string of the molecule is CCC(C)(O)CC(=O)C#C[Si](c1ccccc1)(c1ccccc1)c1ccccc1. The molecule has 1 unspecified atom stereocenters. The summed E-state index contributed by atoms with van der Waals surface area (Å²) in [4.78, 5) is 12.6. The highest BCUT2D eigenvalue weighted by molar-refractivity contribution is 7.16. The third-order valence-corrected chi connectivity index (χ3v) is 9.41. The van der Waals surface area contributed by atoms with Crippen LogP contribution in [0, 0.1) is 11.5 Å². The second-order valence-electron chi connectivity index (χ2n) is 7.55. The second-order valence-corrected chi connectivity index (χ2v) is 11.0. The average molecular weight is 399 g/mol. The maximum Gasteiger partial charge on any atom is 0.230 e. The van der Waals surface area contributed by atoms with Crippen molar-refractivity contribution in [2.75, 3.05) is 0 Å². The molecule has 0 radical (unpaired) electrons. The minimum absolute atomic E-state index is 0.0410. The molecule has 0 heterocycles. The summed E-state index contributed by atoms with van der Waals surface area (Å²) < 4.78 is 0. The highest BCUT2D eigenvalue weighted by Gasteiger charge is 2.38. The molecule has 0 saturated heterocycles. The van der Waals surface area contributed by atoms with Crippen molar-refractivity contribution < 1.29 is 9.90 Å². The third kappa shape index (κ3) is 4.74. The Kier molecular flexibility index (Phi) is 6.48. The van der Waals surface area contributed by atoms with Crippen LogP contribution < -0.4 is 15.6 Å². The van der Waals surface area contributed by atoms with Crippen LogP contribution in [0.5, 0.6) is 0 Å². The molecule has 0 aromatic heterocycles. The summed E-state index contributed by atoms with van der Waals surface area (Å²) in [6.07, 6.45) is 0.554. The molecule has 0 saturated carbocycles. The van der Waals surface area contributed by atoms with E-state index in [4.69, 9.17) is 0 Å². The zero-order valence-electron chi connectivity index (χ0n) is 16.9. The fraction of sp³-hybridized carbons (Fsp3) is 0.192. The van der Waals surface area contributed by atoms with Gasteiger partial charge in [0.1, 0.15) is 0 Å². The monoisotopic (exact) mass is 398 g/mol. The van der Waals surface area contributed by atoms with E-state index in [1.165, 1.54) is 0 Å². The lowest BCUT2D eigenvalue weighted by Crippen LogP contribution is -2.66. The molecule has 0 aliphatic heterocycles. The number of carbonyl (C=O) groups excluding carboxylic acids is 1. The lowest BCUT2D eigenvalue weighted by atomic mass is 9.97. The highest BCUT2D eigenvalue weighted by atomic mass is 28.3. The average Bonchev–Trinajstić information content (AvgIpc) is 2.76. The molecule has 3 heteroatoms. The number of aliphatic hydroxyl groups is 1. The van der Waals surface area contributed by atoms with Gasteiger partial charge in [0.25, 0.3) is 0 Å². The van der Waals surface area contributed by atoms with Crippen molar-refractivity contribution in [2.45, 2.75) is 32.3 Å². The van der Waals surface area contributed by atoms with Crippen molar-refractivity contribution in [3.63, 3.8) is 0 Å². The van der Waals surface area contributed by atoms with E-state index in [9.17, 15) is 9.90 Å². The molecule has 0 bridgehead atoms. The Bertz CT molecular complexity index is 903. The molecule has 3 aromatic carbocycles. The van der Waals surface area contributed by atoms with Crippen molar-refractivity contribution in [1.29, 1.82) is 0 Å². The molecule has 146 valence electrons. The zero-order valence-corrected chi connectivity index (χ0v) is 17.9. The van der Waals surface area contributed by atoms with E-state index in [0.717, 1.165) is 15.6 Å². The van der Waals surface area contributed by atoms with Crippen LogP contribution in [0.4, 0.5) is 0 Å². The standard InChI is InChI=1S/C26H26O2Si/c1-3-26(2,28)21-22(27)19-20-29(23-13-7-4-8-14-23,24-15-9-5-10-16-24)25-17-11-6-12-18-25/h4-18,28H,3,21H2,1-2H3. The van der Waals surface area contributed by atoms with Gasteiger partial charge in [-0.1, -0.05) is 97.9 Å². The summed E-state index contributed by atoms with van der Waals surface area (Å²) >= 11 is 0. The normalized spacial score (nSPS) is 13.1. The molecule has 2 nitrogen and oxygen atoms in total. The molecule has 1 atom stereocenters. The quantitative estimate of drug-likeness (QED) is 0.394. The largest absolute Gasteiger partial charge is 0.390 e. The number of ketones is 1. The zero-order chi connectivity index (χ0) is 20.7. The first-order valence-electron chi connectivity index (χ1n) is 9.93. The Morgan fingerprint density at radius 3 is 1.55 bits per heavy atom. The lowest BCUT2D eigenvalue weighted by molar-refractivity contribution is -0.118. The van der Waals surface area contributed by atoms with Crippen LogP contribution in [-0.2, 0) is 4.79 Å². The van der Waals surface area contributed by atoms with Crippen LogP contribution in [0.1, 0.15) is 26.7 Å². The summed E-state index contributed by atoms with van der Waals surface area (Å²) in [5.74, 6) is 2.70. The number of rotatable bonds is 6. The van der Waals surface area contributed by atoms with Crippen LogP contribution in [0.15, 0.2) is 91.0 Å². The van der Waals surface area contributed by atoms with E-state index in [2.05, 4.69) is 47.9 Å². The van der Waals surface area contributed by atoms with Gasteiger partial charge in [-0.3, -0.25) is 4.79 Å². The number of benzene rings is 3. The van der Waals surface area contributed by atoms with Gasteiger partial charge >= 0.3 is 0 Å². The molecule has 0 aliphatic carbocycles. The predicted molar refractivity (Wildman–Crippen MR) is 122 cm³/mol. The van der Waals surface area contributed by atoms with Gasteiger partial charge in [-0.2, -0.15) is 0 Å². The maximum absolute atomic E-state index is 12.6. The van der Waals surface area contributed by atoms with E-state index in [-0.39, 0.29) is 12.2 Å². The van der Waals surface area contributed by atoms with Crippen LogP contribution >= 0.6 is 0 Å². The van der Waals surface area contributed by atoms with E-state index in [0.29, 0.717) is 6.42 Å². The fourth-order valence-electron chi connectivity index (χ4n) is 3.46. The molecule has 1 N–H and O–H groups in total. The highest BCUT2D eigenvalue weighted by Crippen LogP contribution is 2.14. The van der Waals surface area contributed by atoms with Gasteiger partial charge < -0.3 is 5.11 Å². The number of hydrogen-bond donors (Lipinski definition) is 1. The van der Waals surface area contributed by atoms with Crippen molar-refractivity contribution in [3.8, 4) is 11.5 Å². The fourth-order valence-corrected chi connectivity index (χ4v) is 7.30. The Labute approximate surface area is 174 Å². The Morgan fingerprint density at radius 2 is 1.21 bits per heavy atom. The number of Topliss-reactive ketones (excluding diaryl/α,β-unsaturated/α-hetero) is 1. The van der Waals surface area contributed by atoms with Gasteiger partial charge in [0, 0.05) is 6.42 Å². The lowest BCUT2D eigenvalue weighted by Gasteiger charge is -2.28. The predicted octanol–water partition coefficient (Wildman–Crippen LogP) is 2.82. The smallest absolute Gasteiger partial charge is 0.230 e. The van der Waals surface area contributed by atoms with E-state index >= 15 is 0 Å². The van der Waals surface area contributed by atoms with Gasteiger partial charge in [-0.25, -0.2) is 0 Å². The van der Waals surface area contributed by atoms with Gasteiger partial charge in [0.05, 0.1) is 5.60 Å². The molecule has 0 aliphatic rings. The van der Waals surface area contributed by atoms with Gasteiger partial charge in [-0.15, -0.1) is 5.54 Å². The van der Waals surface area contributed by atoms with Crippen LogP contribution in [0.3, 0.4) is 0 Å². The summed E-state index contributed by atoms with van der Waals surface area (Å²) in [5, 5.41) is 13.7. The molecule has 3 aromatic rings. The minimum Gasteiger partial charge on any atom is -0.390 e. The Hall–Kier alpha value is -2.93. The first kappa shape index (κ1) is 20.8. The molecule has 3 rings (SSSR count). The number of hydrogen-bond acceptors (Lipinski definition) is 2. The molecule has 0 amide bonds. The van der Waals surface area contributed by atoms with Crippen LogP contribution in [-0.4, -0.2) is 24.6 Å². The first-order chi connectivity index (χ1) is 14.0. The Morgan fingerprint density at radius 1 is 0.828 bits per heavy atom. The van der Waals surface area contributed by atoms with Gasteiger partial charge in [-0.05, 0) is 34.8 Å². The molecular weight excluding hydrogens is 372 g/mol. The number of carbonyl (C=O) groups is 1. The second kappa shape index (κ2) is 9.04. The molecule has 29 heavy (non-hydrogen) atoms. The van der Waals surface area contributed by atoms with Crippen molar-refractivity contribution in [2.24, 2.45) is 0 Å². The molecular formula is C26H26O2Si. The summed E-state index contributed by atoms with van der Waals surface area (Å²) in [6, 6.07) is 30.7. The topological polar surface area (TPSA) is 37.3 Å². The van der Waals surface area contributed by atoms with Gasteiger partial charge in [0.15, 0.2) is 0 Å². The summed E-state index contributed by atoms with van der Waals surface area (Å²) in [7, 11) is -2.74. The van der Waals surface area contributed by atoms with Crippen molar-refractivity contribution in [3.05, 3.63) is 91.0 Å². The van der Waals surface area contributed by atoms with E-state index in [1.54, 1.807) is 6.92 Å². The van der Waals surface area contributed by atoms with Gasteiger partial charge in [0.2, 0.25) is 13.9 Å². The van der Waals surface area contributed by atoms with Crippen LogP contribution in [0.2, 0.25) is 0 Å².